The highest BCUT2D eigenvalue weighted by atomic mass is 31.1. The molecule has 0 radical (unpaired) electrons. The van der Waals surface area contributed by atoms with Crippen molar-refractivity contribution in [3.63, 3.8) is 0 Å². The van der Waals surface area contributed by atoms with Gasteiger partial charge < -0.3 is 0 Å². The van der Waals surface area contributed by atoms with Crippen LogP contribution in [0.1, 0.15) is 30.0 Å². The fraction of sp³-hybridized carbons (Fsp3) is 0.200. The molecule has 0 nitrogen and oxygen atoms in total. The van der Waals surface area contributed by atoms with Crippen molar-refractivity contribution in [2.45, 2.75) is 19.5 Å². The van der Waals surface area contributed by atoms with E-state index in [2.05, 4.69) is 80.8 Å². The molecule has 1 atom stereocenters. The smallest absolute Gasteiger partial charge is 0.00266 e. The fourth-order valence-electron chi connectivity index (χ4n) is 2.70. The van der Waals surface area contributed by atoms with Crippen LogP contribution in [0, 0.1) is 0 Å². The Hall–Kier alpha value is -1.65. The quantitative estimate of drug-likeness (QED) is 0.493. The van der Waals surface area contributed by atoms with Crippen molar-refractivity contribution in [3.05, 3.63) is 78.4 Å². The zero-order valence-corrected chi connectivity index (χ0v) is 13.7. The van der Waals surface area contributed by atoms with Crippen LogP contribution in [0.5, 0.6) is 0 Å². The third kappa shape index (κ3) is 3.71. The molecule has 1 heterocycles. The fourth-order valence-corrected chi connectivity index (χ4v) is 5.32. The van der Waals surface area contributed by atoms with Gasteiger partial charge >= 0.3 is 0 Å². The first-order chi connectivity index (χ1) is 10.4. The van der Waals surface area contributed by atoms with E-state index in [9.17, 15) is 0 Å². The molecule has 0 aromatic heterocycles. The maximum absolute atomic E-state index is 3.00. The Morgan fingerprint density at radius 1 is 0.905 bits per heavy atom. The molecule has 1 aliphatic rings. The SMILES string of the molecule is C=C.CCCP1Cc2ccccc2/C=C\c2ccccc21. The van der Waals surface area contributed by atoms with Gasteiger partial charge in [0.15, 0.2) is 0 Å². The molecule has 2 aromatic rings. The Bertz CT molecular complexity index is 613. The first-order valence-electron chi connectivity index (χ1n) is 7.48. The van der Waals surface area contributed by atoms with E-state index in [0.717, 1.165) is 0 Å². The highest BCUT2D eigenvalue weighted by molar-refractivity contribution is 7.65. The summed E-state index contributed by atoms with van der Waals surface area (Å²) in [5.74, 6) is 0. The molecule has 1 unspecified atom stereocenters. The van der Waals surface area contributed by atoms with Gasteiger partial charge in [0.05, 0.1) is 0 Å². The molecule has 0 aliphatic carbocycles. The van der Waals surface area contributed by atoms with E-state index in [4.69, 9.17) is 0 Å². The predicted octanol–water partition coefficient (Wildman–Crippen LogP) is 5.69. The molecule has 21 heavy (non-hydrogen) atoms. The minimum atomic E-state index is -0.0692. The van der Waals surface area contributed by atoms with Crippen molar-refractivity contribution in [3.8, 4) is 0 Å². The Balaban J connectivity index is 0.000000774. The van der Waals surface area contributed by atoms with Crippen LogP contribution in [0.2, 0.25) is 0 Å². The van der Waals surface area contributed by atoms with E-state index >= 15 is 0 Å². The van der Waals surface area contributed by atoms with Gasteiger partial charge in [-0.15, -0.1) is 13.2 Å². The van der Waals surface area contributed by atoms with Crippen molar-refractivity contribution < 1.29 is 0 Å². The standard InChI is InChI=1S/C18H19P.C2H4/c1-2-13-19-14-17-9-4-3-7-15(17)11-12-16-8-5-6-10-18(16)19;1-2/h3-12H,2,13-14H2,1H3;1-2H2/b12-11-;. The Labute approximate surface area is 130 Å². The number of fused-ring (bicyclic) bond motifs is 2. The zero-order chi connectivity index (χ0) is 15.1. The highest BCUT2D eigenvalue weighted by Gasteiger charge is 2.16. The first-order valence-corrected chi connectivity index (χ1v) is 9.19. The second-order valence-electron chi connectivity index (χ2n) is 5.01. The number of rotatable bonds is 2. The lowest BCUT2D eigenvalue weighted by Gasteiger charge is -2.22. The number of hydrogen-bond donors (Lipinski definition) is 0. The second kappa shape index (κ2) is 7.96. The minimum Gasteiger partial charge on any atom is -0.106 e. The number of benzene rings is 2. The van der Waals surface area contributed by atoms with Crippen LogP contribution in [0.15, 0.2) is 61.7 Å². The van der Waals surface area contributed by atoms with Gasteiger partial charge in [-0.3, -0.25) is 0 Å². The molecule has 0 amide bonds. The van der Waals surface area contributed by atoms with Gasteiger partial charge in [0.2, 0.25) is 0 Å². The third-order valence-electron chi connectivity index (χ3n) is 3.63. The molecule has 108 valence electrons. The molecular formula is C20H23P. The van der Waals surface area contributed by atoms with Crippen LogP contribution in [0.4, 0.5) is 0 Å². The molecular weight excluding hydrogens is 271 g/mol. The van der Waals surface area contributed by atoms with Crippen LogP contribution in [-0.4, -0.2) is 6.16 Å². The predicted molar refractivity (Wildman–Crippen MR) is 98.5 cm³/mol. The Kier molecular flexibility index (Phi) is 5.96. The topological polar surface area (TPSA) is 0 Å². The van der Waals surface area contributed by atoms with Crippen molar-refractivity contribution in [2.75, 3.05) is 6.16 Å². The van der Waals surface area contributed by atoms with Gasteiger partial charge in [-0.25, -0.2) is 0 Å². The van der Waals surface area contributed by atoms with Gasteiger partial charge in [0.25, 0.3) is 0 Å². The lowest BCUT2D eigenvalue weighted by Crippen LogP contribution is -2.10. The van der Waals surface area contributed by atoms with E-state index < -0.39 is 0 Å². The molecule has 0 spiro atoms. The molecule has 0 fully saturated rings. The van der Waals surface area contributed by atoms with Crippen LogP contribution >= 0.6 is 7.92 Å². The third-order valence-corrected chi connectivity index (χ3v) is 6.43. The second-order valence-corrected chi connectivity index (χ2v) is 7.34. The van der Waals surface area contributed by atoms with Gasteiger partial charge in [-0.1, -0.05) is 81.9 Å². The average Bonchev–Trinajstić information content (AvgIpc) is 2.54. The summed E-state index contributed by atoms with van der Waals surface area (Å²) in [4.78, 5) is 0. The summed E-state index contributed by atoms with van der Waals surface area (Å²) in [5.41, 5.74) is 4.31. The van der Waals surface area contributed by atoms with Crippen molar-refractivity contribution in [1.82, 2.24) is 0 Å². The van der Waals surface area contributed by atoms with E-state index in [0.29, 0.717) is 0 Å². The normalized spacial score (nSPS) is 17.3. The summed E-state index contributed by atoms with van der Waals surface area (Å²) in [6, 6.07) is 17.7. The largest absolute Gasteiger partial charge is 0.106 e. The lowest BCUT2D eigenvalue weighted by atomic mass is 10.1. The Morgan fingerprint density at radius 3 is 2.29 bits per heavy atom. The van der Waals surface area contributed by atoms with Crippen molar-refractivity contribution in [1.29, 1.82) is 0 Å². The van der Waals surface area contributed by atoms with Crippen molar-refractivity contribution >= 4 is 25.4 Å². The van der Waals surface area contributed by atoms with Crippen LogP contribution < -0.4 is 5.30 Å². The number of hydrogen-bond acceptors (Lipinski definition) is 0. The summed E-state index contributed by atoms with van der Waals surface area (Å²) < 4.78 is 0. The molecule has 0 N–H and O–H groups in total. The molecule has 3 rings (SSSR count). The molecule has 0 saturated carbocycles. The Morgan fingerprint density at radius 2 is 1.52 bits per heavy atom. The van der Waals surface area contributed by atoms with Crippen LogP contribution in [0.25, 0.3) is 12.2 Å². The average molecular weight is 294 g/mol. The maximum atomic E-state index is 3.00. The highest BCUT2D eigenvalue weighted by Crippen LogP contribution is 2.42. The summed E-state index contributed by atoms with van der Waals surface area (Å²) >= 11 is 0. The van der Waals surface area contributed by atoms with Crippen LogP contribution in [0.3, 0.4) is 0 Å². The van der Waals surface area contributed by atoms with Gasteiger partial charge in [0.1, 0.15) is 0 Å². The van der Waals surface area contributed by atoms with E-state index in [-0.39, 0.29) is 7.92 Å². The first kappa shape index (κ1) is 15.7. The summed E-state index contributed by atoms with van der Waals surface area (Å²) in [5, 5.41) is 1.57. The van der Waals surface area contributed by atoms with Crippen LogP contribution in [-0.2, 0) is 6.16 Å². The van der Waals surface area contributed by atoms with E-state index in [1.165, 1.54) is 35.4 Å². The van der Waals surface area contributed by atoms with E-state index in [1.54, 1.807) is 5.30 Å². The molecule has 2 aromatic carbocycles. The van der Waals surface area contributed by atoms with Gasteiger partial charge in [0, 0.05) is 0 Å². The van der Waals surface area contributed by atoms with Crippen molar-refractivity contribution in [2.24, 2.45) is 0 Å². The maximum Gasteiger partial charge on any atom is -0.00266 e. The summed E-state index contributed by atoms with van der Waals surface area (Å²) in [6.45, 7) is 8.30. The monoisotopic (exact) mass is 294 g/mol. The summed E-state index contributed by atoms with van der Waals surface area (Å²) in [7, 11) is -0.0692. The summed E-state index contributed by atoms with van der Waals surface area (Å²) in [6.07, 6.45) is 8.38. The molecule has 0 saturated heterocycles. The van der Waals surface area contributed by atoms with Gasteiger partial charge in [-0.2, -0.15) is 0 Å². The lowest BCUT2D eigenvalue weighted by molar-refractivity contribution is 1.09. The molecule has 0 bridgehead atoms. The minimum absolute atomic E-state index is 0.0692. The molecule has 1 aliphatic heterocycles. The zero-order valence-electron chi connectivity index (χ0n) is 12.8. The van der Waals surface area contributed by atoms with Gasteiger partial charge in [-0.05, 0) is 34.3 Å². The molecule has 1 heteroatoms. The van der Waals surface area contributed by atoms with E-state index in [1.807, 2.05) is 0 Å².